The molecule has 0 bridgehead atoms. The largest absolute Gasteiger partial charge is 0.468 e. The summed E-state index contributed by atoms with van der Waals surface area (Å²) in [5.41, 5.74) is 0. The molecule has 90 valence electrons. The van der Waals surface area contributed by atoms with Gasteiger partial charge in [-0.25, -0.2) is 4.98 Å². The molecule has 0 radical (unpaired) electrons. The Labute approximate surface area is 102 Å². The Bertz CT molecular complexity index is 540. The second-order valence-corrected chi connectivity index (χ2v) is 4.11. The molecule has 2 rings (SSSR count). The van der Waals surface area contributed by atoms with Crippen LogP contribution in [0.4, 0.5) is 11.8 Å². The maximum atomic E-state index is 11.1. The van der Waals surface area contributed by atoms with Crippen LogP contribution in [0.1, 0.15) is 0 Å². The number of anilines is 2. The quantitative estimate of drug-likeness (QED) is 0.799. The molecule has 0 aliphatic carbocycles. The van der Waals surface area contributed by atoms with Gasteiger partial charge in [0.05, 0.1) is 12.5 Å². The van der Waals surface area contributed by atoms with Gasteiger partial charge < -0.3 is 15.4 Å². The lowest BCUT2D eigenvalue weighted by atomic mass is 10.4. The number of methoxy groups -OCH3 is 1. The first kappa shape index (κ1) is 11.6. The number of carbonyl (C=O) groups is 1. The molecule has 0 unspecified atom stereocenters. The summed E-state index contributed by atoms with van der Waals surface area (Å²) in [5, 5.41) is 8.65. The SMILES string of the molecule is CNc1nc(NCC(=O)OC)c2ccsc2n1. The first-order valence-corrected chi connectivity index (χ1v) is 5.86. The zero-order valence-electron chi connectivity index (χ0n) is 9.48. The van der Waals surface area contributed by atoms with Crippen LogP contribution in [-0.2, 0) is 9.53 Å². The van der Waals surface area contributed by atoms with Crippen molar-refractivity contribution in [1.82, 2.24) is 9.97 Å². The third kappa shape index (κ3) is 2.44. The second-order valence-electron chi connectivity index (χ2n) is 3.21. The predicted octanol–water partition coefficient (Wildman–Crippen LogP) is 1.32. The number of esters is 1. The van der Waals surface area contributed by atoms with Gasteiger partial charge in [-0.1, -0.05) is 0 Å². The van der Waals surface area contributed by atoms with E-state index < -0.39 is 0 Å². The molecule has 0 saturated heterocycles. The summed E-state index contributed by atoms with van der Waals surface area (Å²) in [7, 11) is 3.10. The molecule has 2 N–H and O–H groups in total. The minimum atomic E-state index is -0.335. The van der Waals surface area contributed by atoms with Gasteiger partial charge in [-0.3, -0.25) is 4.79 Å². The van der Waals surface area contributed by atoms with Crippen LogP contribution >= 0.6 is 11.3 Å². The molecule has 2 aromatic heterocycles. The highest BCUT2D eigenvalue weighted by Gasteiger charge is 2.09. The van der Waals surface area contributed by atoms with Crippen LogP contribution in [0.15, 0.2) is 11.4 Å². The molecule has 0 amide bonds. The van der Waals surface area contributed by atoms with E-state index in [0.29, 0.717) is 11.8 Å². The number of fused-ring (bicyclic) bond motifs is 1. The van der Waals surface area contributed by atoms with Gasteiger partial charge in [-0.15, -0.1) is 11.3 Å². The van der Waals surface area contributed by atoms with E-state index in [0.717, 1.165) is 10.2 Å². The van der Waals surface area contributed by atoms with Gasteiger partial charge >= 0.3 is 5.97 Å². The van der Waals surface area contributed by atoms with E-state index in [2.05, 4.69) is 25.3 Å². The summed E-state index contributed by atoms with van der Waals surface area (Å²) in [6.07, 6.45) is 0. The van der Waals surface area contributed by atoms with E-state index in [-0.39, 0.29) is 12.5 Å². The molecule has 0 aliphatic heterocycles. The molecule has 0 aromatic carbocycles. The zero-order valence-corrected chi connectivity index (χ0v) is 10.3. The summed E-state index contributed by atoms with van der Waals surface area (Å²) in [6, 6.07) is 1.92. The smallest absolute Gasteiger partial charge is 0.325 e. The third-order valence-corrected chi connectivity index (χ3v) is 2.98. The third-order valence-electron chi connectivity index (χ3n) is 2.18. The van der Waals surface area contributed by atoms with E-state index in [9.17, 15) is 4.79 Å². The van der Waals surface area contributed by atoms with Gasteiger partial charge in [0.1, 0.15) is 17.2 Å². The summed E-state index contributed by atoms with van der Waals surface area (Å²) in [4.78, 5) is 20.5. The molecule has 6 nitrogen and oxygen atoms in total. The Morgan fingerprint density at radius 3 is 3.06 bits per heavy atom. The van der Waals surface area contributed by atoms with E-state index in [1.807, 2.05) is 11.4 Å². The second kappa shape index (κ2) is 4.96. The van der Waals surface area contributed by atoms with E-state index in [1.54, 1.807) is 7.05 Å². The zero-order chi connectivity index (χ0) is 12.3. The van der Waals surface area contributed by atoms with Crippen LogP contribution in [0.5, 0.6) is 0 Å². The number of aromatic nitrogens is 2. The lowest BCUT2D eigenvalue weighted by Crippen LogP contribution is -2.16. The van der Waals surface area contributed by atoms with Crippen molar-refractivity contribution in [1.29, 1.82) is 0 Å². The van der Waals surface area contributed by atoms with Gasteiger partial charge in [0.15, 0.2) is 0 Å². The fraction of sp³-hybridized carbons (Fsp3) is 0.300. The average Bonchev–Trinajstić information content (AvgIpc) is 2.83. The Balaban J connectivity index is 2.30. The van der Waals surface area contributed by atoms with E-state index in [1.165, 1.54) is 18.4 Å². The first-order chi connectivity index (χ1) is 8.24. The van der Waals surface area contributed by atoms with Gasteiger partial charge in [-0.05, 0) is 11.4 Å². The minimum absolute atomic E-state index is 0.0849. The Morgan fingerprint density at radius 1 is 1.53 bits per heavy atom. The number of ether oxygens (including phenoxy) is 1. The minimum Gasteiger partial charge on any atom is -0.468 e. The maximum Gasteiger partial charge on any atom is 0.325 e. The summed E-state index contributed by atoms with van der Waals surface area (Å²) in [6.45, 7) is 0.0849. The molecule has 7 heteroatoms. The topological polar surface area (TPSA) is 76.1 Å². The van der Waals surface area contributed by atoms with Crippen molar-refractivity contribution in [3.8, 4) is 0 Å². The van der Waals surface area contributed by atoms with Crippen molar-refractivity contribution in [3.63, 3.8) is 0 Å². The summed E-state index contributed by atoms with van der Waals surface area (Å²) >= 11 is 1.52. The molecule has 0 aliphatic rings. The molecular weight excluding hydrogens is 240 g/mol. The highest BCUT2D eigenvalue weighted by atomic mass is 32.1. The van der Waals surface area contributed by atoms with Crippen molar-refractivity contribution in [3.05, 3.63) is 11.4 Å². The molecule has 0 fully saturated rings. The van der Waals surface area contributed by atoms with Gasteiger partial charge in [0, 0.05) is 7.05 Å². The van der Waals surface area contributed by atoms with Crippen LogP contribution in [0.2, 0.25) is 0 Å². The van der Waals surface area contributed by atoms with Gasteiger partial charge in [-0.2, -0.15) is 4.98 Å². The number of hydrogen-bond acceptors (Lipinski definition) is 7. The Hall–Kier alpha value is -1.89. The molecule has 0 atom stereocenters. The van der Waals surface area contributed by atoms with Crippen LogP contribution in [0.25, 0.3) is 10.2 Å². The van der Waals surface area contributed by atoms with Crippen molar-refractivity contribution >= 4 is 39.3 Å². The van der Waals surface area contributed by atoms with Crippen molar-refractivity contribution in [2.24, 2.45) is 0 Å². The molecule has 2 aromatic rings. The fourth-order valence-corrected chi connectivity index (χ4v) is 2.09. The number of carbonyl (C=O) groups excluding carboxylic acids is 1. The Kier molecular flexibility index (Phi) is 3.38. The van der Waals surface area contributed by atoms with E-state index >= 15 is 0 Å². The van der Waals surface area contributed by atoms with Crippen LogP contribution in [0.3, 0.4) is 0 Å². The van der Waals surface area contributed by atoms with Crippen LogP contribution in [-0.4, -0.2) is 36.6 Å². The van der Waals surface area contributed by atoms with Crippen molar-refractivity contribution < 1.29 is 9.53 Å². The molecule has 0 spiro atoms. The average molecular weight is 252 g/mol. The molecule has 2 heterocycles. The lowest BCUT2D eigenvalue weighted by Gasteiger charge is -2.07. The van der Waals surface area contributed by atoms with Gasteiger partial charge in [0.25, 0.3) is 0 Å². The summed E-state index contributed by atoms with van der Waals surface area (Å²) < 4.78 is 4.56. The van der Waals surface area contributed by atoms with Crippen LogP contribution < -0.4 is 10.6 Å². The predicted molar refractivity (Wildman–Crippen MR) is 67.5 cm³/mol. The first-order valence-electron chi connectivity index (χ1n) is 4.98. The number of nitrogens with one attached hydrogen (secondary N) is 2. The fourth-order valence-electron chi connectivity index (χ4n) is 1.33. The number of rotatable bonds is 4. The maximum absolute atomic E-state index is 11.1. The standard InChI is InChI=1S/C10H12N4O2S/c1-11-10-13-8(12-5-7(15)16-2)6-3-4-17-9(6)14-10/h3-4H,5H2,1-2H3,(H2,11,12,13,14). The number of nitrogens with zero attached hydrogens (tertiary/aromatic N) is 2. The highest BCUT2D eigenvalue weighted by Crippen LogP contribution is 2.26. The number of hydrogen-bond donors (Lipinski definition) is 2. The van der Waals surface area contributed by atoms with E-state index in [4.69, 9.17) is 0 Å². The lowest BCUT2D eigenvalue weighted by molar-refractivity contribution is -0.138. The molecule has 17 heavy (non-hydrogen) atoms. The highest BCUT2D eigenvalue weighted by molar-refractivity contribution is 7.16. The molecular formula is C10H12N4O2S. The normalized spacial score (nSPS) is 10.2. The van der Waals surface area contributed by atoms with Crippen LogP contribution in [0, 0.1) is 0 Å². The van der Waals surface area contributed by atoms with Gasteiger partial charge in [0.2, 0.25) is 5.95 Å². The molecule has 0 saturated carbocycles. The van der Waals surface area contributed by atoms with Crippen molar-refractivity contribution in [2.75, 3.05) is 31.3 Å². The van der Waals surface area contributed by atoms with Crippen molar-refractivity contribution in [2.45, 2.75) is 0 Å². The number of thiophene rings is 1. The monoisotopic (exact) mass is 252 g/mol. The Morgan fingerprint density at radius 2 is 2.35 bits per heavy atom. The summed E-state index contributed by atoms with van der Waals surface area (Å²) in [5.74, 6) is 0.816.